The highest BCUT2D eigenvalue weighted by Gasteiger charge is 2.16. The summed E-state index contributed by atoms with van der Waals surface area (Å²) in [6.07, 6.45) is 0. The number of hydrogen-bond acceptors (Lipinski definition) is 1. The summed E-state index contributed by atoms with van der Waals surface area (Å²) in [6.45, 7) is 0. The van der Waals surface area contributed by atoms with Crippen LogP contribution in [0.4, 0.5) is 0 Å². The fourth-order valence-corrected chi connectivity index (χ4v) is 6.01. The third kappa shape index (κ3) is 2.16. The molecule has 1 heteroatoms. The summed E-state index contributed by atoms with van der Waals surface area (Å²) in [7, 11) is 0. The molecular formula is C32H18O. The molecule has 0 aliphatic rings. The smallest absolute Gasteiger partial charge is 0.116 e. The Labute approximate surface area is 189 Å². The van der Waals surface area contributed by atoms with Crippen LogP contribution in [0.25, 0.3) is 75.8 Å². The van der Waals surface area contributed by atoms with Crippen molar-refractivity contribution in [1.82, 2.24) is 0 Å². The first-order chi connectivity index (χ1) is 16.3. The summed E-state index contributed by atoms with van der Waals surface area (Å²) in [4.78, 5) is 0. The van der Waals surface area contributed by atoms with Crippen LogP contribution in [0.3, 0.4) is 0 Å². The van der Waals surface area contributed by atoms with Crippen LogP contribution in [-0.2, 0) is 0 Å². The van der Waals surface area contributed by atoms with Crippen LogP contribution in [0.5, 0.6) is 5.75 Å². The van der Waals surface area contributed by atoms with Crippen molar-refractivity contribution in [3.63, 3.8) is 0 Å². The quantitative estimate of drug-likeness (QED) is 0.264. The van der Waals surface area contributed by atoms with Gasteiger partial charge in [-0.25, -0.2) is 0 Å². The molecule has 0 saturated heterocycles. The highest BCUT2D eigenvalue weighted by molar-refractivity contribution is 6.29. The van der Waals surface area contributed by atoms with E-state index < -0.39 is 0 Å². The molecular weight excluding hydrogens is 400 g/mol. The number of phenols is 1. The van der Waals surface area contributed by atoms with Gasteiger partial charge in [0.15, 0.2) is 0 Å². The van der Waals surface area contributed by atoms with E-state index in [0.29, 0.717) is 5.75 Å². The molecule has 8 rings (SSSR count). The van der Waals surface area contributed by atoms with E-state index in [1.54, 1.807) is 0 Å². The molecule has 1 nitrogen and oxygen atoms in total. The minimum atomic E-state index is 0.313. The molecule has 8 aromatic carbocycles. The second kappa shape index (κ2) is 5.90. The predicted octanol–water partition coefficient (Wildman–Crippen LogP) is 8.85. The van der Waals surface area contributed by atoms with Gasteiger partial charge in [0, 0.05) is 0 Å². The van der Waals surface area contributed by atoms with Crippen molar-refractivity contribution in [1.29, 1.82) is 0 Å². The molecule has 0 bridgehead atoms. The van der Waals surface area contributed by atoms with E-state index in [0.717, 1.165) is 10.8 Å². The Kier molecular flexibility index (Phi) is 3.08. The van der Waals surface area contributed by atoms with Crippen molar-refractivity contribution in [2.45, 2.75) is 0 Å². The van der Waals surface area contributed by atoms with E-state index in [1.165, 1.54) is 65.0 Å². The van der Waals surface area contributed by atoms with Gasteiger partial charge in [0.05, 0.1) is 0 Å². The van der Waals surface area contributed by atoms with E-state index in [9.17, 15) is 5.11 Å². The maximum Gasteiger partial charge on any atom is 0.116 e. The second-order valence-corrected chi connectivity index (χ2v) is 9.13. The molecule has 0 fully saturated rings. The number of rotatable bonds is 1. The Morgan fingerprint density at radius 3 is 1.33 bits per heavy atom. The fourth-order valence-electron chi connectivity index (χ4n) is 6.01. The standard InChI is InChI=1S/C32H18O/c33-24-16-22-7-6-21-9-13-26(28-15-11-23(17-24)30(22)32(21)28)25-12-8-20-5-4-18-2-1-3-19-10-14-27(25)31(20)29(18)19/h1-17,33H. The lowest BCUT2D eigenvalue weighted by Gasteiger charge is -2.17. The average molecular weight is 418 g/mol. The molecule has 0 atom stereocenters. The zero-order valence-electron chi connectivity index (χ0n) is 17.8. The van der Waals surface area contributed by atoms with Gasteiger partial charge in [-0.1, -0.05) is 91.0 Å². The van der Waals surface area contributed by atoms with Crippen LogP contribution >= 0.6 is 0 Å². The Morgan fingerprint density at radius 2 is 0.758 bits per heavy atom. The molecule has 152 valence electrons. The average Bonchev–Trinajstić information content (AvgIpc) is 2.85. The molecule has 0 saturated carbocycles. The molecule has 0 unspecified atom stereocenters. The normalized spacial score (nSPS) is 12.4. The topological polar surface area (TPSA) is 20.2 Å². The van der Waals surface area contributed by atoms with E-state index in [1.807, 2.05) is 12.1 Å². The maximum absolute atomic E-state index is 10.2. The first-order valence-electron chi connectivity index (χ1n) is 11.3. The Morgan fingerprint density at radius 1 is 0.364 bits per heavy atom. The first kappa shape index (κ1) is 17.2. The molecule has 0 spiro atoms. The summed E-state index contributed by atoms with van der Waals surface area (Å²) < 4.78 is 0. The molecule has 0 aromatic heterocycles. The SMILES string of the molecule is Oc1cc2ccc3ccc(-c4ccc5ccc6cccc7ccc4c5c67)c4ccc(c1)c2c34. The van der Waals surface area contributed by atoms with Crippen molar-refractivity contribution < 1.29 is 5.11 Å². The second-order valence-electron chi connectivity index (χ2n) is 9.13. The van der Waals surface area contributed by atoms with Crippen molar-refractivity contribution in [2.24, 2.45) is 0 Å². The van der Waals surface area contributed by atoms with Crippen molar-refractivity contribution in [2.75, 3.05) is 0 Å². The van der Waals surface area contributed by atoms with Gasteiger partial charge in [0.1, 0.15) is 5.75 Å². The van der Waals surface area contributed by atoms with E-state index in [2.05, 4.69) is 91.0 Å². The van der Waals surface area contributed by atoms with Crippen molar-refractivity contribution in [3.8, 4) is 16.9 Å². The van der Waals surface area contributed by atoms with Crippen LogP contribution in [0.15, 0.2) is 103 Å². The van der Waals surface area contributed by atoms with Gasteiger partial charge in [-0.15, -0.1) is 0 Å². The van der Waals surface area contributed by atoms with Crippen LogP contribution in [0, 0.1) is 0 Å². The molecule has 33 heavy (non-hydrogen) atoms. The third-order valence-corrected chi connectivity index (χ3v) is 7.40. The maximum atomic E-state index is 10.2. The summed E-state index contributed by atoms with van der Waals surface area (Å²) in [6, 6.07) is 37.0. The van der Waals surface area contributed by atoms with E-state index in [-0.39, 0.29) is 0 Å². The highest BCUT2D eigenvalue weighted by atomic mass is 16.3. The Balaban J connectivity index is 1.55. The van der Waals surface area contributed by atoms with Crippen LogP contribution in [0.1, 0.15) is 0 Å². The van der Waals surface area contributed by atoms with Gasteiger partial charge in [-0.2, -0.15) is 0 Å². The van der Waals surface area contributed by atoms with Crippen LogP contribution in [-0.4, -0.2) is 5.11 Å². The van der Waals surface area contributed by atoms with E-state index in [4.69, 9.17) is 0 Å². The number of benzene rings is 8. The minimum absolute atomic E-state index is 0.313. The molecule has 0 radical (unpaired) electrons. The molecule has 8 aromatic rings. The lowest BCUT2D eigenvalue weighted by atomic mass is 9.86. The van der Waals surface area contributed by atoms with Gasteiger partial charge in [0.2, 0.25) is 0 Å². The number of phenolic OH excluding ortho intramolecular Hbond substituents is 1. The Bertz CT molecular complexity index is 2000. The molecule has 0 aliphatic heterocycles. The molecule has 0 heterocycles. The predicted molar refractivity (Wildman–Crippen MR) is 141 cm³/mol. The van der Waals surface area contributed by atoms with Crippen molar-refractivity contribution >= 4 is 64.6 Å². The van der Waals surface area contributed by atoms with Gasteiger partial charge in [-0.3, -0.25) is 0 Å². The zero-order chi connectivity index (χ0) is 21.7. The fraction of sp³-hybridized carbons (Fsp3) is 0. The molecule has 0 aliphatic carbocycles. The van der Waals surface area contributed by atoms with Gasteiger partial charge >= 0.3 is 0 Å². The molecule has 0 amide bonds. The minimum Gasteiger partial charge on any atom is -0.508 e. The lowest BCUT2D eigenvalue weighted by molar-refractivity contribution is 0.477. The zero-order valence-corrected chi connectivity index (χ0v) is 17.8. The first-order valence-corrected chi connectivity index (χ1v) is 11.3. The summed E-state index contributed by atoms with van der Waals surface area (Å²) in [5.41, 5.74) is 2.52. The summed E-state index contributed by atoms with van der Waals surface area (Å²) in [5, 5.41) is 25.2. The third-order valence-electron chi connectivity index (χ3n) is 7.40. The highest BCUT2D eigenvalue weighted by Crippen LogP contribution is 2.44. The number of hydrogen-bond donors (Lipinski definition) is 1. The Hall–Kier alpha value is -4.36. The monoisotopic (exact) mass is 418 g/mol. The summed E-state index contributed by atoms with van der Waals surface area (Å²) in [5.74, 6) is 0.313. The molecule has 1 N–H and O–H groups in total. The van der Waals surface area contributed by atoms with Gasteiger partial charge in [-0.05, 0) is 87.9 Å². The van der Waals surface area contributed by atoms with Gasteiger partial charge < -0.3 is 5.11 Å². The van der Waals surface area contributed by atoms with E-state index >= 15 is 0 Å². The number of aromatic hydroxyl groups is 1. The largest absolute Gasteiger partial charge is 0.508 e. The van der Waals surface area contributed by atoms with Crippen LogP contribution in [0.2, 0.25) is 0 Å². The van der Waals surface area contributed by atoms with Gasteiger partial charge in [0.25, 0.3) is 0 Å². The summed E-state index contributed by atoms with van der Waals surface area (Å²) >= 11 is 0. The lowest BCUT2D eigenvalue weighted by Crippen LogP contribution is -1.90. The van der Waals surface area contributed by atoms with Crippen molar-refractivity contribution in [3.05, 3.63) is 103 Å². The van der Waals surface area contributed by atoms with Crippen LogP contribution < -0.4 is 0 Å².